The summed E-state index contributed by atoms with van der Waals surface area (Å²) in [4.78, 5) is 25.2. The van der Waals surface area contributed by atoms with Gasteiger partial charge in [0.1, 0.15) is 10.0 Å². The molecule has 1 aliphatic rings. The highest BCUT2D eigenvalue weighted by Crippen LogP contribution is 2.11. The lowest BCUT2D eigenvalue weighted by molar-refractivity contribution is -0.135. The van der Waals surface area contributed by atoms with Gasteiger partial charge in [0.2, 0.25) is 11.8 Å². The van der Waals surface area contributed by atoms with E-state index in [1.807, 2.05) is 6.92 Å². The lowest BCUT2D eigenvalue weighted by Gasteiger charge is -2.19. The Kier molecular flexibility index (Phi) is 4.84. The van der Waals surface area contributed by atoms with E-state index >= 15 is 0 Å². The molecule has 1 saturated heterocycles. The van der Waals surface area contributed by atoms with Crippen LogP contribution in [0.4, 0.5) is 0 Å². The molecule has 6 nitrogen and oxygen atoms in total. The minimum absolute atomic E-state index is 0.0828. The molecule has 1 aliphatic heterocycles. The Morgan fingerprint density at radius 3 is 2.95 bits per heavy atom. The molecule has 104 valence electrons. The first kappa shape index (κ1) is 13.9. The van der Waals surface area contributed by atoms with Crippen LogP contribution in [0.1, 0.15) is 35.7 Å². The second-order valence-corrected chi connectivity index (χ2v) is 5.88. The zero-order valence-electron chi connectivity index (χ0n) is 11.0. The molecule has 19 heavy (non-hydrogen) atoms. The molecule has 0 unspecified atom stereocenters. The fraction of sp³-hybridized carbons (Fsp3) is 0.667. The third kappa shape index (κ3) is 4.27. The highest BCUT2D eigenvalue weighted by molar-refractivity contribution is 7.11. The Labute approximate surface area is 116 Å². The maximum absolute atomic E-state index is 11.8. The van der Waals surface area contributed by atoms with Gasteiger partial charge in [-0.25, -0.2) is 0 Å². The lowest BCUT2D eigenvalue weighted by atomic mass is 10.2. The van der Waals surface area contributed by atoms with Crippen LogP contribution in [0.15, 0.2) is 0 Å². The summed E-state index contributed by atoms with van der Waals surface area (Å²) in [5.41, 5.74) is 0. The summed E-state index contributed by atoms with van der Waals surface area (Å²) >= 11 is 1.46. The second kappa shape index (κ2) is 6.60. The monoisotopic (exact) mass is 282 g/mol. The van der Waals surface area contributed by atoms with Crippen molar-refractivity contribution >= 4 is 23.2 Å². The largest absolute Gasteiger partial charge is 0.348 e. The first-order valence-corrected chi connectivity index (χ1v) is 7.30. The van der Waals surface area contributed by atoms with E-state index in [4.69, 9.17) is 0 Å². The average Bonchev–Trinajstić information content (AvgIpc) is 2.69. The van der Waals surface area contributed by atoms with Crippen molar-refractivity contribution in [1.82, 2.24) is 20.4 Å². The zero-order chi connectivity index (χ0) is 13.7. The fourth-order valence-electron chi connectivity index (χ4n) is 2.02. The number of nitrogens with one attached hydrogen (secondary N) is 1. The van der Waals surface area contributed by atoms with Gasteiger partial charge >= 0.3 is 0 Å². The van der Waals surface area contributed by atoms with Crippen molar-refractivity contribution in [3.63, 3.8) is 0 Å². The Bertz CT molecular complexity index is 460. The molecule has 1 fully saturated rings. The van der Waals surface area contributed by atoms with Crippen LogP contribution < -0.4 is 5.32 Å². The Balaban J connectivity index is 1.78. The van der Waals surface area contributed by atoms with Crippen molar-refractivity contribution in [2.75, 3.05) is 13.1 Å². The van der Waals surface area contributed by atoms with E-state index in [2.05, 4.69) is 15.5 Å². The number of likely N-dealkylation sites (tertiary alicyclic amines) is 1. The van der Waals surface area contributed by atoms with Gasteiger partial charge in [0, 0.05) is 13.0 Å². The van der Waals surface area contributed by atoms with Crippen LogP contribution >= 0.6 is 11.3 Å². The second-order valence-electron chi connectivity index (χ2n) is 4.62. The van der Waals surface area contributed by atoms with Gasteiger partial charge in [-0.15, -0.1) is 10.2 Å². The van der Waals surface area contributed by atoms with Crippen LogP contribution in [0.3, 0.4) is 0 Å². The summed E-state index contributed by atoms with van der Waals surface area (Å²) < 4.78 is 0. The van der Waals surface area contributed by atoms with Gasteiger partial charge in [0.25, 0.3) is 0 Å². The quantitative estimate of drug-likeness (QED) is 0.889. The molecule has 2 rings (SSSR count). The average molecular weight is 282 g/mol. The van der Waals surface area contributed by atoms with Crippen molar-refractivity contribution in [1.29, 1.82) is 0 Å². The summed E-state index contributed by atoms with van der Waals surface area (Å²) in [6, 6.07) is 0. The number of carbonyl (C=O) groups excluding carboxylic acids is 2. The highest BCUT2D eigenvalue weighted by atomic mass is 32.1. The fourth-order valence-corrected chi connectivity index (χ4v) is 2.67. The number of amides is 2. The summed E-state index contributed by atoms with van der Waals surface area (Å²) in [7, 11) is 0. The Hall–Kier alpha value is -1.50. The molecular weight excluding hydrogens is 264 g/mol. The van der Waals surface area contributed by atoms with Gasteiger partial charge in [-0.2, -0.15) is 0 Å². The van der Waals surface area contributed by atoms with Crippen molar-refractivity contribution < 1.29 is 9.59 Å². The smallest absolute Gasteiger partial charge is 0.239 e. The standard InChI is InChI=1S/C12H18N4O2S/c1-9-14-15-11(19-9)7-13-10(17)8-16-6-4-2-3-5-12(16)18/h2-8H2,1H3,(H,13,17). The predicted molar refractivity (Wildman–Crippen MR) is 71.5 cm³/mol. The minimum atomic E-state index is -0.136. The summed E-state index contributed by atoms with van der Waals surface area (Å²) in [5.74, 6) is -0.0532. The van der Waals surface area contributed by atoms with Gasteiger partial charge in [-0.3, -0.25) is 9.59 Å². The van der Waals surface area contributed by atoms with Crippen LogP contribution in [0.25, 0.3) is 0 Å². The Morgan fingerprint density at radius 1 is 1.37 bits per heavy atom. The number of rotatable bonds is 4. The zero-order valence-corrected chi connectivity index (χ0v) is 11.8. The minimum Gasteiger partial charge on any atom is -0.348 e. The first-order chi connectivity index (χ1) is 9.15. The summed E-state index contributed by atoms with van der Waals surface area (Å²) in [6.45, 7) is 3.09. The van der Waals surface area contributed by atoms with Crippen molar-refractivity contribution in [3.8, 4) is 0 Å². The maximum Gasteiger partial charge on any atom is 0.239 e. The van der Waals surface area contributed by atoms with E-state index in [1.165, 1.54) is 11.3 Å². The summed E-state index contributed by atoms with van der Waals surface area (Å²) in [5, 5.41) is 12.3. The van der Waals surface area contributed by atoms with E-state index in [0.29, 0.717) is 19.5 Å². The lowest BCUT2D eigenvalue weighted by Crippen LogP contribution is -2.40. The number of aromatic nitrogens is 2. The Morgan fingerprint density at radius 2 is 2.21 bits per heavy atom. The van der Waals surface area contributed by atoms with Crippen LogP contribution in [-0.2, 0) is 16.1 Å². The molecule has 0 radical (unpaired) electrons. The highest BCUT2D eigenvalue weighted by Gasteiger charge is 2.19. The van der Waals surface area contributed by atoms with Gasteiger partial charge < -0.3 is 10.2 Å². The van der Waals surface area contributed by atoms with Crippen LogP contribution in [0.5, 0.6) is 0 Å². The number of aryl methyl sites for hydroxylation is 1. The van der Waals surface area contributed by atoms with E-state index < -0.39 is 0 Å². The SMILES string of the molecule is Cc1nnc(CNC(=O)CN2CCCCCC2=O)s1. The summed E-state index contributed by atoms with van der Waals surface area (Å²) in [6.07, 6.45) is 3.53. The molecule has 0 aromatic carbocycles. The molecule has 1 N–H and O–H groups in total. The van der Waals surface area contributed by atoms with E-state index in [1.54, 1.807) is 4.90 Å². The van der Waals surface area contributed by atoms with Gasteiger partial charge in [0.05, 0.1) is 13.1 Å². The number of carbonyl (C=O) groups is 2. The molecule has 2 heterocycles. The molecule has 0 bridgehead atoms. The molecule has 0 aliphatic carbocycles. The topological polar surface area (TPSA) is 75.2 Å². The first-order valence-electron chi connectivity index (χ1n) is 6.48. The molecule has 0 atom stereocenters. The van der Waals surface area contributed by atoms with Crippen molar-refractivity contribution in [3.05, 3.63) is 10.0 Å². The van der Waals surface area contributed by atoms with Crippen molar-refractivity contribution in [2.45, 2.75) is 39.2 Å². The van der Waals surface area contributed by atoms with Crippen LogP contribution in [0, 0.1) is 6.92 Å². The van der Waals surface area contributed by atoms with Gasteiger partial charge in [-0.05, 0) is 19.8 Å². The van der Waals surface area contributed by atoms with E-state index in [-0.39, 0.29) is 18.4 Å². The number of hydrogen-bond donors (Lipinski definition) is 1. The normalized spacial score (nSPS) is 16.3. The third-order valence-corrected chi connectivity index (χ3v) is 3.85. The third-order valence-electron chi connectivity index (χ3n) is 3.01. The number of nitrogens with zero attached hydrogens (tertiary/aromatic N) is 3. The molecule has 2 amide bonds. The van der Waals surface area contributed by atoms with E-state index in [9.17, 15) is 9.59 Å². The molecular formula is C12H18N4O2S. The van der Waals surface area contributed by atoms with E-state index in [0.717, 1.165) is 29.3 Å². The molecule has 0 spiro atoms. The molecule has 1 aromatic heterocycles. The van der Waals surface area contributed by atoms with Gasteiger partial charge in [0.15, 0.2) is 0 Å². The van der Waals surface area contributed by atoms with Crippen LogP contribution in [0.2, 0.25) is 0 Å². The maximum atomic E-state index is 11.8. The number of hydrogen-bond acceptors (Lipinski definition) is 5. The van der Waals surface area contributed by atoms with Gasteiger partial charge in [-0.1, -0.05) is 17.8 Å². The predicted octanol–water partition coefficient (Wildman–Crippen LogP) is 0.865. The molecule has 0 saturated carbocycles. The molecule has 7 heteroatoms. The van der Waals surface area contributed by atoms with Crippen molar-refractivity contribution in [2.24, 2.45) is 0 Å². The molecule has 1 aromatic rings. The van der Waals surface area contributed by atoms with Crippen LogP contribution in [-0.4, -0.2) is 40.0 Å².